The number of piperidine rings is 1. The lowest BCUT2D eigenvalue weighted by Crippen LogP contribution is -2.82. The predicted octanol–water partition coefficient (Wildman–Crippen LogP) is 1.46. The van der Waals surface area contributed by atoms with Gasteiger partial charge in [-0.25, -0.2) is 4.79 Å². The molecule has 4 aliphatic heterocycles. The zero-order chi connectivity index (χ0) is 22.5. The SMILES string of the molecule is COC(=O)N1c2c(ccc3c2OCO3)[C@]23[C@H]4C(=O)[C@]5(O)C[C@@]6(CCCN([C@H]4C#N)[C@@H]62)CC[C@]135. The first-order valence-electron chi connectivity index (χ1n) is 11.7. The standard InChI is InChI=1S/C24H23N3O6/c1-31-20(29)27-16-12(3-4-14-17(16)33-11-32-14)24-15-13(9-25)26-8-2-5-21(19(24)26)6-7-23(24,27)22(30,10-21)18(15)28/h3-4,13,15,19,30H,2,5-8,10-11H2,1H3/t13-,15+,19-,21+,22+,23+,24-/m0/s1. The van der Waals surface area contributed by atoms with E-state index in [1.165, 1.54) is 12.0 Å². The van der Waals surface area contributed by atoms with Crippen LogP contribution < -0.4 is 14.4 Å². The molecule has 4 saturated carbocycles. The zero-order valence-electron chi connectivity index (χ0n) is 18.2. The number of amides is 1. The summed E-state index contributed by atoms with van der Waals surface area (Å²) in [6.07, 6.45) is 2.80. The molecule has 0 radical (unpaired) electrons. The van der Waals surface area contributed by atoms with Crippen molar-refractivity contribution in [3.8, 4) is 17.6 Å². The molecule has 8 aliphatic rings. The van der Waals surface area contributed by atoms with Crippen LogP contribution in [-0.2, 0) is 14.9 Å². The van der Waals surface area contributed by atoms with Gasteiger partial charge in [0.15, 0.2) is 17.3 Å². The van der Waals surface area contributed by atoms with Gasteiger partial charge in [0.2, 0.25) is 6.79 Å². The van der Waals surface area contributed by atoms with Crippen LogP contribution in [0.15, 0.2) is 12.1 Å². The molecule has 170 valence electrons. The highest BCUT2D eigenvalue weighted by molar-refractivity contribution is 6.09. The average Bonchev–Trinajstić information content (AvgIpc) is 3.50. The molecule has 6 fully saturated rings. The number of carbonyl (C=O) groups excluding carboxylic acids is 2. The van der Waals surface area contributed by atoms with Gasteiger partial charge in [-0.1, -0.05) is 6.07 Å². The highest BCUT2D eigenvalue weighted by Crippen LogP contribution is 2.83. The third kappa shape index (κ3) is 1.44. The van der Waals surface area contributed by atoms with Crippen molar-refractivity contribution < 1.29 is 28.9 Å². The van der Waals surface area contributed by atoms with Crippen molar-refractivity contribution in [2.45, 2.75) is 60.7 Å². The molecule has 1 aromatic carbocycles. The van der Waals surface area contributed by atoms with Gasteiger partial charge < -0.3 is 19.3 Å². The maximum Gasteiger partial charge on any atom is 0.414 e. The van der Waals surface area contributed by atoms with E-state index in [0.717, 1.165) is 31.4 Å². The van der Waals surface area contributed by atoms with Crippen LogP contribution in [-0.4, -0.2) is 65.6 Å². The van der Waals surface area contributed by atoms with Gasteiger partial charge in [0.1, 0.15) is 11.6 Å². The molecule has 1 N–H and O–H groups in total. The number of Topliss-reactive ketones (excluding diaryl/α,β-unsaturated/α-hetero) is 1. The molecule has 9 heteroatoms. The van der Waals surface area contributed by atoms with E-state index in [1.807, 2.05) is 12.1 Å². The molecule has 9 nitrogen and oxygen atoms in total. The van der Waals surface area contributed by atoms with Gasteiger partial charge in [-0.3, -0.25) is 14.6 Å². The third-order valence-corrected chi connectivity index (χ3v) is 10.3. The van der Waals surface area contributed by atoms with E-state index in [9.17, 15) is 20.0 Å². The van der Waals surface area contributed by atoms with Gasteiger partial charge >= 0.3 is 6.09 Å². The summed E-state index contributed by atoms with van der Waals surface area (Å²) in [5, 5.41) is 22.7. The number of fused-ring (bicyclic) bond motifs is 4. The second-order valence-corrected chi connectivity index (χ2v) is 10.8. The summed E-state index contributed by atoms with van der Waals surface area (Å²) >= 11 is 0. The fourth-order valence-corrected chi connectivity index (χ4v) is 9.86. The average molecular weight is 449 g/mol. The van der Waals surface area contributed by atoms with E-state index in [1.54, 1.807) is 0 Å². The Labute approximate surface area is 189 Å². The van der Waals surface area contributed by atoms with Crippen LogP contribution in [0.1, 0.15) is 37.7 Å². The maximum absolute atomic E-state index is 14.2. The van der Waals surface area contributed by atoms with Gasteiger partial charge in [-0.05, 0) is 55.7 Å². The van der Waals surface area contributed by atoms with Crippen molar-refractivity contribution >= 4 is 17.6 Å². The molecular formula is C24H23N3O6. The summed E-state index contributed by atoms with van der Waals surface area (Å²) in [5.74, 6) is -0.0266. The molecule has 2 saturated heterocycles. The van der Waals surface area contributed by atoms with Gasteiger partial charge in [-0.15, -0.1) is 0 Å². The molecule has 9 rings (SSSR count). The molecule has 0 aromatic heterocycles. The lowest BCUT2D eigenvalue weighted by atomic mass is 9.40. The maximum atomic E-state index is 14.2. The minimum Gasteiger partial charge on any atom is -0.454 e. The van der Waals surface area contributed by atoms with Crippen LogP contribution in [0.5, 0.6) is 11.5 Å². The Morgan fingerprint density at radius 2 is 2.15 bits per heavy atom. The number of methoxy groups -OCH3 is 1. The lowest BCUT2D eigenvalue weighted by Gasteiger charge is -2.69. The Bertz CT molecular complexity index is 1240. The number of hydrogen-bond acceptors (Lipinski definition) is 8. The van der Waals surface area contributed by atoms with E-state index >= 15 is 0 Å². The number of aliphatic hydroxyl groups is 1. The minimum atomic E-state index is -1.75. The summed E-state index contributed by atoms with van der Waals surface area (Å²) in [5.41, 5.74) is -2.78. The van der Waals surface area contributed by atoms with Crippen LogP contribution in [0.2, 0.25) is 0 Å². The number of rotatable bonds is 0. The van der Waals surface area contributed by atoms with Crippen LogP contribution in [0.3, 0.4) is 0 Å². The van der Waals surface area contributed by atoms with Gasteiger partial charge in [-0.2, -0.15) is 5.26 Å². The number of ketones is 1. The number of anilines is 1. The van der Waals surface area contributed by atoms with Crippen molar-refractivity contribution in [3.05, 3.63) is 17.7 Å². The normalized spacial score (nSPS) is 46.9. The van der Waals surface area contributed by atoms with Gasteiger partial charge in [0, 0.05) is 6.04 Å². The summed E-state index contributed by atoms with van der Waals surface area (Å²) in [7, 11) is 1.32. The number of benzene rings is 1. The largest absolute Gasteiger partial charge is 0.454 e. The molecule has 4 heterocycles. The first kappa shape index (κ1) is 18.6. The van der Waals surface area contributed by atoms with E-state index < -0.39 is 34.6 Å². The van der Waals surface area contributed by atoms with Crippen molar-refractivity contribution in [1.29, 1.82) is 5.26 Å². The summed E-state index contributed by atoms with van der Waals surface area (Å²) in [6.45, 7) is 0.774. The van der Waals surface area contributed by atoms with Crippen LogP contribution in [0.25, 0.3) is 0 Å². The number of nitrogens with zero attached hydrogens (tertiary/aromatic N) is 3. The molecule has 4 bridgehead atoms. The smallest absolute Gasteiger partial charge is 0.414 e. The molecule has 3 spiro atoms. The minimum absolute atomic E-state index is 0.0355. The zero-order valence-corrected chi connectivity index (χ0v) is 18.2. The Balaban J connectivity index is 1.56. The highest BCUT2D eigenvalue weighted by atomic mass is 16.7. The van der Waals surface area contributed by atoms with Gasteiger partial charge in [0.25, 0.3) is 0 Å². The number of nitriles is 1. The third-order valence-electron chi connectivity index (χ3n) is 10.3. The fourth-order valence-electron chi connectivity index (χ4n) is 9.86. The molecule has 7 atom stereocenters. The molecule has 1 amide bonds. The van der Waals surface area contributed by atoms with Crippen LogP contribution in [0, 0.1) is 22.7 Å². The number of carbonyl (C=O) groups is 2. The molecule has 4 aliphatic carbocycles. The monoisotopic (exact) mass is 449 g/mol. The van der Waals surface area contributed by atoms with Gasteiger partial charge in [0.05, 0.1) is 35.7 Å². The Morgan fingerprint density at radius 1 is 1.30 bits per heavy atom. The van der Waals surface area contributed by atoms with Crippen molar-refractivity contribution in [2.24, 2.45) is 11.3 Å². The molecule has 1 aromatic rings. The first-order valence-corrected chi connectivity index (χ1v) is 11.7. The van der Waals surface area contributed by atoms with E-state index in [0.29, 0.717) is 30.0 Å². The second kappa shape index (κ2) is 5.13. The molecular weight excluding hydrogens is 426 g/mol. The fraction of sp³-hybridized carbons (Fsp3) is 0.625. The van der Waals surface area contributed by atoms with Crippen molar-refractivity contribution in [3.63, 3.8) is 0 Å². The Hall–Kier alpha value is -2.83. The first-order chi connectivity index (χ1) is 15.9. The summed E-state index contributed by atoms with van der Waals surface area (Å²) in [6, 6.07) is 5.46. The predicted molar refractivity (Wildman–Crippen MR) is 111 cm³/mol. The van der Waals surface area contributed by atoms with E-state index in [2.05, 4.69) is 11.0 Å². The van der Waals surface area contributed by atoms with Crippen molar-refractivity contribution in [1.82, 2.24) is 4.90 Å². The number of ether oxygens (including phenoxy) is 3. The summed E-state index contributed by atoms with van der Waals surface area (Å²) < 4.78 is 16.8. The summed E-state index contributed by atoms with van der Waals surface area (Å²) in [4.78, 5) is 31.5. The highest BCUT2D eigenvalue weighted by Gasteiger charge is 2.95. The Kier molecular flexibility index (Phi) is 2.89. The van der Waals surface area contributed by atoms with E-state index in [4.69, 9.17) is 14.2 Å². The number of hydrogen-bond donors (Lipinski definition) is 1. The quantitative estimate of drug-likeness (QED) is 0.634. The molecule has 33 heavy (non-hydrogen) atoms. The van der Waals surface area contributed by atoms with Crippen molar-refractivity contribution in [2.75, 3.05) is 25.3 Å². The topological polar surface area (TPSA) is 112 Å². The van der Waals surface area contributed by atoms with E-state index in [-0.39, 0.29) is 24.0 Å². The van der Waals surface area contributed by atoms with Crippen LogP contribution in [0.4, 0.5) is 10.5 Å². The Morgan fingerprint density at radius 3 is 2.94 bits per heavy atom. The molecule has 0 unspecified atom stereocenters. The van der Waals surface area contributed by atoms with Crippen LogP contribution >= 0.6 is 0 Å². The second-order valence-electron chi connectivity index (χ2n) is 10.8. The lowest BCUT2D eigenvalue weighted by molar-refractivity contribution is -0.196.